The van der Waals surface area contributed by atoms with Crippen LogP contribution in [-0.2, 0) is 16.1 Å². The molecule has 0 saturated carbocycles. The topological polar surface area (TPSA) is 109 Å². The zero-order chi connectivity index (χ0) is 25.0. The molecule has 0 bridgehead atoms. The largest absolute Gasteiger partial charge is 0.497 e. The van der Waals surface area contributed by atoms with Gasteiger partial charge in [-0.2, -0.15) is 0 Å². The van der Waals surface area contributed by atoms with E-state index >= 15 is 0 Å². The van der Waals surface area contributed by atoms with Crippen LogP contribution in [0.4, 0.5) is 10.5 Å². The maximum absolute atomic E-state index is 12.5. The Bertz CT molecular complexity index is 987. The molecule has 1 fully saturated rings. The van der Waals surface area contributed by atoms with Crippen molar-refractivity contribution in [1.29, 1.82) is 0 Å². The molecule has 1 aliphatic heterocycles. The fraction of sp³-hybridized carbons (Fsp3) is 0.423. The van der Waals surface area contributed by atoms with Crippen molar-refractivity contribution >= 4 is 23.5 Å². The smallest absolute Gasteiger partial charge is 0.319 e. The number of ether oxygens (including phenoxy) is 2. The second-order valence-corrected chi connectivity index (χ2v) is 8.31. The van der Waals surface area contributed by atoms with Gasteiger partial charge in [0.1, 0.15) is 11.5 Å². The highest BCUT2D eigenvalue weighted by atomic mass is 16.5. The average Bonchev–Trinajstić information content (AvgIpc) is 2.88. The Morgan fingerprint density at radius 1 is 1.00 bits per heavy atom. The summed E-state index contributed by atoms with van der Waals surface area (Å²) in [6.07, 6.45) is 1.46. The molecule has 1 aliphatic rings. The molecule has 2 aromatic rings. The molecule has 0 aromatic heterocycles. The van der Waals surface area contributed by atoms with Crippen molar-refractivity contribution in [2.75, 3.05) is 38.7 Å². The molecule has 9 heteroatoms. The fourth-order valence-electron chi connectivity index (χ4n) is 3.92. The Morgan fingerprint density at radius 3 is 2.43 bits per heavy atom. The number of carbonyl (C=O) groups is 3. The van der Waals surface area contributed by atoms with Gasteiger partial charge in [-0.1, -0.05) is 12.1 Å². The van der Waals surface area contributed by atoms with Crippen molar-refractivity contribution < 1.29 is 23.9 Å². The Morgan fingerprint density at radius 2 is 1.74 bits per heavy atom. The summed E-state index contributed by atoms with van der Waals surface area (Å²) < 4.78 is 10.6. The maximum atomic E-state index is 12.5. The van der Waals surface area contributed by atoms with Crippen molar-refractivity contribution in [3.8, 4) is 11.5 Å². The van der Waals surface area contributed by atoms with Crippen LogP contribution in [0, 0.1) is 5.92 Å². The SMILES string of the molecule is CCOc1ccc(NC(=O)NCCC(=O)N2CCC(C(=O)NCc3cccc(OC)c3)CC2)cc1. The first kappa shape index (κ1) is 25.9. The second kappa shape index (κ2) is 13.2. The van der Waals surface area contributed by atoms with Crippen molar-refractivity contribution in [3.05, 3.63) is 54.1 Å². The van der Waals surface area contributed by atoms with E-state index in [2.05, 4.69) is 16.0 Å². The standard InChI is InChI=1S/C26H34N4O5/c1-3-35-22-9-7-21(8-10-22)29-26(33)27-14-11-24(31)30-15-12-20(13-16-30)25(32)28-18-19-5-4-6-23(17-19)34-2/h4-10,17,20H,3,11-16,18H2,1-2H3,(H,28,32)(H2,27,29,33). The van der Waals surface area contributed by atoms with Crippen molar-refractivity contribution in [1.82, 2.24) is 15.5 Å². The molecule has 0 spiro atoms. The molecule has 4 amide bonds. The second-order valence-electron chi connectivity index (χ2n) is 8.31. The highest BCUT2D eigenvalue weighted by Gasteiger charge is 2.27. The average molecular weight is 483 g/mol. The molecule has 0 aliphatic carbocycles. The molecule has 1 heterocycles. The summed E-state index contributed by atoms with van der Waals surface area (Å²) in [6, 6.07) is 14.3. The number of anilines is 1. The molecule has 1 saturated heterocycles. The lowest BCUT2D eigenvalue weighted by Crippen LogP contribution is -2.43. The molecule has 0 atom stereocenters. The van der Waals surface area contributed by atoms with Crippen LogP contribution in [0.15, 0.2) is 48.5 Å². The van der Waals surface area contributed by atoms with Gasteiger partial charge >= 0.3 is 6.03 Å². The Balaban J connectivity index is 1.32. The Labute approximate surface area is 206 Å². The zero-order valence-electron chi connectivity index (χ0n) is 20.3. The quantitative estimate of drug-likeness (QED) is 0.482. The first-order valence-electron chi connectivity index (χ1n) is 11.9. The zero-order valence-corrected chi connectivity index (χ0v) is 20.3. The number of benzene rings is 2. The van der Waals surface area contributed by atoms with Crippen LogP contribution in [-0.4, -0.2) is 56.1 Å². The van der Waals surface area contributed by atoms with E-state index in [4.69, 9.17) is 9.47 Å². The molecule has 188 valence electrons. The summed E-state index contributed by atoms with van der Waals surface area (Å²) in [5, 5.41) is 8.42. The first-order chi connectivity index (χ1) is 17.0. The number of nitrogens with one attached hydrogen (secondary N) is 3. The number of carbonyl (C=O) groups excluding carboxylic acids is 3. The highest BCUT2D eigenvalue weighted by molar-refractivity contribution is 5.89. The van der Waals surface area contributed by atoms with Gasteiger partial charge in [0.15, 0.2) is 0 Å². The van der Waals surface area contributed by atoms with E-state index in [0.717, 1.165) is 17.1 Å². The maximum Gasteiger partial charge on any atom is 0.319 e. The summed E-state index contributed by atoms with van der Waals surface area (Å²) in [6.45, 7) is 4.24. The molecular weight excluding hydrogens is 448 g/mol. The normalized spacial score (nSPS) is 13.6. The summed E-state index contributed by atoms with van der Waals surface area (Å²) in [5.74, 6) is 1.37. The van der Waals surface area contributed by atoms with E-state index in [1.807, 2.05) is 31.2 Å². The van der Waals surface area contributed by atoms with Crippen LogP contribution >= 0.6 is 0 Å². The summed E-state index contributed by atoms with van der Waals surface area (Å²) in [5.41, 5.74) is 1.62. The van der Waals surface area contributed by atoms with Crippen LogP contribution < -0.4 is 25.4 Å². The number of piperidine rings is 1. The highest BCUT2D eigenvalue weighted by Crippen LogP contribution is 2.19. The van der Waals surface area contributed by atoms with Crippen LogP contribution in [0.2, 0.25) is 0 Å². The van der Waals surface area contributed by atoms with E-state index < -0.39 is 0 Å². The summed E-state index contributed by atoms with van der Waals surface area (Å²) in [4.78, 5) is 38.9. The van der Waals surface area contributed by atoms with Gasteiger partial charge < -0.3 is 30.3 Å². The Kier molecular flexibility index (Phi) is 9.77. The van der Waals surface area contributed by atoms with Crippen LogP contribution in [0.3, 0.4) is 0 Å². The number of methoxy groups -OCH3 is 1. The predicted octanol–water partition coefficient (Wildman–Crippen LogP) is 3.16. The van der Waals surface area contributed by atoms with Crippen molar-refractivity contribution in [2.45, 2.75) is 32.7 Å². The third kappa shape index (κ3) is 8.20. The molecule has 3 N–H and O–H groups in total. The Hall–Kier alpha value is -3.75. The lowest BCUT2D eigenvalue weighted by atomic mass is 9.95. The number of urea groups is 1. The van der Waals surface area contributed by atoms with Crippen LogP contribution in [0.25, 0.3) is 0 Å². The number of nitrogens with zero attached hydrogens (tertiary/aromatic N) is 1. The minimum Gasteiger partial charge on any atom is -0.497 e. The number of hydrogen-bond acceptors (Lipinski definition) is 5. The van der Waals surface area contributed by atoms with Gasteiger partial charge in [0, 0.05) is 44.2 Å². The van der Waals surface area contributed by atoms with Crippen molar-refractivity contribution in [3.63, 3.8) is 0 Å². The molecule has 2 aromatic carbocycles. The van der Waals surface area contributed by atoms with Crippen LogP contribution in [0.5, 0.6) is 11.5 Å². The van der Waals surface area contributed by atoms with Gasteiger partial charge in [0.05, 0.1) is 13.7 Å². The molecule has 35 heavy (non-hydrogen) atoms. The summed E-state index contributed by atoms with van der Waals surface area (Å²) >= 11 is 0. The van der Waals surface area contributed by atoms with Gasteiger partial charge in [-0.3, -0.25) is 9.59 Å². The van der Waals surface area contributed by atoms with E-state index in [9.17, 15) is 14.4 Å². The van der Waals surface area contributed by atoms with Crippen molar-refractivity contribution in [2.24, 2.45) is 5.92 Å². The molecule has 9 nitrogen and oxygen atoms in total. The van der Waals surface area contributed by atoms with Gasteiger partial charge in [-0.25, -0.2) is 4.79 Å². The predicted molar refractivity (Wildman–Crippen MR) is 133 cm³/mol. The monoisotopic (exact) mass is 482 g/mol. The van der Waals surface area contributed by atoms with E-state index in [1.165, 1.54) is 0 Å². The third-order valence-corrected chi connectivity index (χ3v) is 5.87. The van der Waals surface area contributed by atoms with Crippen LogP contribution in [0.1, 0.15) is 31.7 Å². The number of amides is 4. The number of rotatable bonds is 10. The van der Waals surface area contributed by atoms with Gasteiger partial charge in [-0.05, 0) is 61.7 Å². The lowest BCUT2D eigenvalue weighted by molar-refractivity contribution is -0.135. The molecule has 0 unspecified atom stereocenters. The first-order valence-corrected chi connectivity index (χ1v) is 11.9. The minimum atomic E-state index is -0.367. The van der Waals surface area contributed by atoms with Gasteiger partial charge in [0.2, 0.25) is 11.8 Å². The van der Waals surface area contributed by atoms with E-state index in [0.29, 0.717) is 44.8 Å². The van der Waals surface area contributed by atoms with Gasteiger partial charge in [-0.15, -0.1) is 0 Å². The van der Waals surface area contributed by atoms with E-state index in [1.54, 1.807) is 36.3 Å². The number of hydrogen-bond donors (Lipinski definition) is 3. The lowest BCUT2D eigenvalue weighted by Gasteiger charge is -2.31. The van der Waals surface area contributed by atoms with Gasteiger partial charge in [0.25, 0.3) is 0 Å². The number of likely N-dealkylation sites (tertiary alicyclic amines) is 1. The third-order valence-electron chi connectivity index (χ3n) is 5.87. The molecular formula is C26H34N4O5. The van der Waals surface area contributed by atoms with E-state index in [-0.39, 0.29) is 36.7 Å². The fourth-order valence-corrected chi connectivity index (χ4v) is 3.92. The summed E-state index contributed by atoms with van der Waals surface area (Å²) in [7, 11) is 1.61. The molecule has 3 rings (SSSR count). The minimum absolute atomic E-state index is 0.00699. The molecule has 0 radical (unpaired) electrons.